The molecule has 0 aromatic heterocycles. The molecule has 0 bridgehead atoms. The monoisotopic (exact) mass is 379 g/mol. The molecule has 0 amide bonds. The van der Waals surface area contributed by atoms with Gasteiger partial charge in [0.1, 0.15) is 0 Å². The van der Waals surface area contributed by atoms with Crippen LogP contribution < -0.4 is 0 Å². The van der Waals surface area contributed by atoms with Gasteiger partial charge in [0.05, 0.1) is 0 Å². The van der Waals surface area contributed by atoms with Crippen LogP contribution in [0.5, 0.6) is 0 Å². The molecule has 0 aromatic rings. The van der Waals surface area contributed by atoms with Crippen molar-refractivity contribution in [2.24, 2.45) is 0 Å². The minimum absolute atomic E-state index is 2.01. The second-order valence-electron chi connectivity index (χ2n) is 1.14. The summed E-state index contributed by atoms with van der Waals surface area (Å²) >= 11 is -6.70. The first-order chi connectivity index (χ1) is 5.77. The Morgan fingerprint density at radius 3 is 0.769 bits per heavy atom. The van der Waals surface area contributed by atoms with Crippen molar-refractivity contribution in [1.82, 2.24) is 0 Å². The number of hydrogen-bond acceptors (Lipinski definition) is 8. The van der Waals surface area contributed by atoms with Crippen molar-refractivity contribution in [3.05, 3.63) is 40.5 Å². The third-order valence-corrected chi connectivity index (χ3v) is 5.07. The van der Waals surface area contributed by atoms with Crippen LogP contribution in [0.4, 0.5) is 0 Å². The molecule has 0 rings (SSSR count). The molecule has 0 aliphatic carbocycles. The average molecular weight is 379 g/mol. The van der Waals surface area contributed by atoms with E-state index in [1.807, 2.05) is 0 Å². The van der Waals surface area contributed by atoms with Crippen LogP contribution in [0.2, 0.25) is 0 Å². The molecule has 0 heterocycles. The second-order valence-corrected chi connectivity index (χ2v) is 7.18. The summed E-state index contributed by atoms with van der Waals surface area (Å²) in [5, 5.41) is 39.6. The van der Waals surface area contributed by atoms with Crippen LogP contribution >= 0.6 is 0 Å². The third-order valence-electron chi connectivity index (χ3n) is 0.620. The van der Waals surface area contributed by atoms with Crippen LogP contribution in [0.15, 0.2) is 0 Å². The SMILES string of the molecule is O=[N+]([O-])[Pt]([N+](=O)[O-])([N+](=O)[O-])[N+](=O)[O-]. The van der Waals surface area contributed by atoms with Gasteiger partial charge in [-0.1, -0.05) is 0 Å². The van der Waals surface area contributed by atoms with E-state index in [0.717, 1.165) is 0 Å². The summed E-state index contributed by atoms with van der Waals surface area (Å²) in [5.41, 5.74) is 0. The number of nitro groups is 4. The molecule has 0 aromatic carbocycles. The fourth-order valence-corrected chi connectivity index (χ4v) is 2.07. The van der Waals surface area contributed by atoms with Gasteiger partial charge in [-0.2, -0.15) is 0 Å². The van der Waals surface area contributed by atoms with E-state index in [-0.39, 0.29) is 0 Å². The van der Waals surface area contributed by atoms with Crippen LogP contribution in [0.1, 0.15) is 0 Å². The van der Waals surface area contributed by atoms with Gasteiger partial charge in [-0.15, -0.1) is 0 Å². The zero-order chi connectivity index (χ0) is 10.8. The predicted octanol–water partition coefficient (Wildman–Crippen LogP) is -1.09. The molecular weight excluding hydrogens is 379 g/mol. The van der Waals surface area contributed by atoms with Crippen LogP contribution in [0, 0.1) is 40.5 Å². The Bertz CT molecular complexity index is 231. The molecule has 0 atom stereocenters. The van der Waals surface area contributed by atoms with Gasteiger partial charge in [-0.25, -0.2) is 0 Å². The molecule has 0 fully saturated rings. The Labute approximate surface area is 72.1 Å². The van der Waals surface area contributed by atoms with Gasteiger partial charge in [0, 0.05) is 0 Å². The Hall–Kier alpha value is -1.71. The Morgan fingerprint density at radius 1 is 0.615 bits per heavy atom. The molecule has 0 aliphatic rings. The van der Waals surface area contributed by atoms with Gasteiger partial charge in [0.2, 0.25) is 0 Å². The quantitative estimate of drug-likeness (QED) is 0.437. The number of rotatable bonds is 4. The fourth-order valence-electron chi connectivity index (χ4n) is 0.253. The standard InChI is InChI=1S/4NO2.Pt/c4*2-1-3;. The van der Waals surface area contributed by atoms with Crippen molar-refractivity contribution >= 4 is 0 Å². The molecule has 13 heteroatoms. The molecular formula is N4O8Pt. The van der Waals surface area contributed by atoms with Crippen LogP contribution in [-0.2, 0) is 17.1 Å². The first kappa shape index (κ1) is 11.3. The topological polar surface area (TPSA) is 173 Å². The average Bonchev–Trinajstić information content (AvgIpc) is 1.82. The summed E-state index contributed by atoms with van der Waals surface area (Å²) in [7, 11) is 0. The van der Waals surface area contributed by atoms with Crippen molar-refractivity contribution in [2.45, 2.75) is 0 Å². The van der Waals surface area contributed by atoms with Crippen LogP contribution in [0.3, 0.4) is 0 Å². The maximum absolute atomic E-state index is 9.91. The van der Waals surface area contributed by atoms with Gasteiger partial charge in [0.25, 0.3) is 0 Å². The van der Waals surface area contributed by atoms with E-state index in [1.54, 1.807) is 0 Å². The summed E-state index contributed by atoms with van der Waals surface area (Å²) in [6.07, 6.45) is 0. The van der Waals surface area contributed by atoms with Gasteiger partial charge in [-0.3, -0.25) is 0 Å². The Morgan fingerprint density at radius 2 is 0.769 bits per heavy atom. The zero-order valence-corrected chi connectivity index (χ0v) is 7.64. The van der Waals surface area contributed by atoms with Crippen molar-refractivity contribution in [2.75, 3.05) is 0 Å². The molecule has 0 unspecified atom stereocenters. The van der Waals surface area contributed by atoms with E-state index < -0.39 is 31.0 Å². The van der Waals surface area contributed by atoms with E-state index in [9.17, 15) is 40.5 Å². The second kappa shape index (κ2) is 3.35. The molecule has 0 N–H and O–H groups in total. The Kier molecular flexibility index (Phi) is 2.91. The van der Waals surface area contributed by atoms with Crippen LogP contribution in [0.25, 0.3) is 0 Å². The number of nitrogens with zero attached hydrogens (tertiary/aromatic N) is 4. The molecule has 78 valence electrons. The van der Waals surface area contributed by atoms with Crippen LogP contribution in [-0.4, -0.2) is 13.9 Å². The molecule has 0 spiro atoms. The van der Waals surface area contributed by atoms with E-state index in [2.05, 4.69) is 0 Å². The summed E-state index contributed by atoms with van der Waals surface area (Å²) in [4.78, 5) is 39.6. The van der Waals surface area contributed by atoms with Gasteiger partial charge >= 0.3 is 71.4 Å². The molecule has 0 saturated carbocycles. The molecule has 0 saturated heterocycles. The zero-order valence-electron chi connectivity index (χ0n) is 5.37. The third kappa shape index (κ3) is 1.42. The van der Waals surface area contributed by atoms with Gasteiger partial charge in [0.15, 0.2) is 0 Å². The van der Waals surface area contributed by atoms with Crippen molar-refractivity contribution in [3.63, 3.8) is 0 Å². The molecule has 0 aliphatic heterocycles. The van der Waals surface area contributed by atoms with E-state index in [0.29, 0.717) is 0 Å². The maximum atomic E-state index is 9.91. The van der Waals surface area contributed by atoms with Crippen molar-refractivity contribution < 1.29 is 31.0 Å². The fraction of sp³-hybridized carbons (Fsp3) is 0. The van der Waals surface area contributed by atoms with Crippen molar-refractivity contribution in [1.29, 1.82) is 0 Å². The molecule has 13 heavy (non-hydrogen) atoms. The van der Waals surface area contributed by atoms with Crippen molar-refractivity contribution in [3.8, 4) is 0 Å². The van der Waals surface area contributed by atoms with Gasteiger partial charge < -0.3 is 0 Å². The summed E-state index contributed by atoms with van der Waals surface area (Å²) in [5.74, 6) is 0. The molecule has 12 nitrogen and oxygen atoms in total. The van der Waals surface area contributed by atoms with E-state index in [4.69, 9.17) is 0 Å². The van der Waals surface area contributed by atoms with E-state index >= 15 is 0 Å². The minimum atomic E-state index is -6.70. The summed E-state index contributed by atoms with van der Waals surface area (Å²) in [6, 6.07) is 0. The predicted molar refractivity (Wildman–Crippen MR) is 28.0 cm³/mol. The molecule has 0 radical (unpaired) electrons. The summed E-state index contributed by atoms with van der Waals surface area (Å²) < 4.78 is -8.03. The van der Waals surface area contributed by atoms with Gasteiger partial charge in [-0.05, 0) is 0 Å². The van der Waals surface area contributed by atoms with E-state index in [1.165, 1.54) is 0 Å². The first-order valence-electron chi connectivity index (χ1n) is 2.03. The number of hydrogen-bond donors (Lipinski definition) is 0. The first-order valence-corrected chi connectivity index (χ1v) is 6.09. The summed E-state index contributed by atoms with van der Waals surface area (Å²) in [6.45, 7) is 0. The normalized spacial score (nSPS) is 11.7. The Balaban J connectivity index is 5.60.